The molecular weight excluding hydrogens is 234 g/mol. The molecule has 0 aromatic rings. The van der Waals surface area contributed by atoms with E-state index in [4.69, 9.17) is 0 Å². The molecule has 0 bridgehead atoms. The zero-order chi connectivity index (χ0) is 12.8. The summed E-state index contributed by atoms with van der Waals surface area (Å²) in [5.74, 6) is 1.23. The van der Waals surface area contributed by atoms with Crippen molar-refractivity contribution in [1.29, 1.82) is 0 Å². The molecular formula is C12H23N3OS. The van der Waals surface area contributed by atoms with Gasteiger partial charge < -0.3 is 10.2 Å². The average Bonchev–Trinajstić information content (AvgIpc) is 2.30. The third-order valence-electron chi connectivity index (χ3n) is 2.90. The van der Waals surface area contributed by atoms with Gasteiger partial charge in [-0.3, -0.25) is 9.79 Å². The van der Waals surface area contributed by atoms with Crippen LogP contribution in [0.3, 0.4) is 0 Å². The minimum atomic E-state index is -0.188. The summed E-state index contributed by atoms with van der Waals surface area (Å²) in [6.45, 7) is 9.54. The third-order valence-corrected chi connectivity index (χ3v) is 3.83. The molecule has 1 N–H and O–H groups in total. The van der Waals surface area contributed by atoms with E-state index in [2.05, 4.69) is 17.2 Å². The molecule has 2 atom stereocenters. The number of amides is 1. The second kappa shape index (κ2) is 6.89. The molecule has 0 aliphatic carbocycles. The molecule has 1 amide bonds. The minimum Gasteiger partial charge on any atom is -0.353 e. The fourth-order valence-electron chi connectivity index (χ4n) is 1.76. The summed E-state index contributed by atoms with van der Waals surface area (Å²) in [6.07, 6.45) is 1.12. The average molecular weight is 257 g/mol. The number of hydrogen-bond acceptors (Lipinski definition) is 4. The number of rotatable bonds is 4. The van der Waals surface area contributed by atoms with Crippen molar-refractivity contribution in [2.24, 2.45) is 4.99 Å². The normalized spacial score (nSPS) is 21.6. The zero-order valence-electron chi connectivity index (χ0n) is 11.2. The molecule has 0 spiro atoms. The van der Waals surface area contributed by atoms with E-state index in [0.717, 1.165) is 30.4 Å². The van der Waals surface area contributed by atoms with E-state index in [1.807, 2.05) is 25.7 Å². The Kier molecular flexibility index (Phi) is 5.82. The summed E-state index contributed by atoms with van der Waals surface area (Å²) < 4.78 is 0. The maximum Gasteiger partial charge on any atom is 0.244 e. The zero-order valence-corrected chi connectivity index (χ0v) is 12.0. The molecule has 5 heteroatoms. The largest absolute Gasteiger partial charge is 0.353 e. The lowest BCUT2D eigenvalue weighted by atomic mass is 10.2. The number of likely N-dealkylation sites (N-methyl/N-ethyl adjacent to an activating group) is 1. The second-order valence-corrected chi connectivity index (χ2v) is 5.38. The van der Waals surface area contributed by atoms with Crippen molar-refractivity contribution in [2.75, 3.05) is 18.8 Å². The Labute approximate surface area is 108 Å². The molecule has 17 heavy (non-hydrogen) atoms. The predicted molar refractivity (Wildman–Crippen MR) is 74.5 cm³/mol. The van der Waals surface area contributed by atoms with E-state index in [-0.39, 0.29) is 11.9 Å². The summed E-state index contributed by atoms with van der Waals surface area (Å²) in [5, 5.41) is 4.13. The topological polar surface area (TPSA) is 44.7 Å². The van der Waals surface area contributed by atoms with Gasteiger partial charge in [-0.1, -0.05) is 11.8 Å². The van der Waals surface area contributed by atoms with Gasteiger partial charge >= 0.3 is 0 Å². The highest BCUT2D eigenvalue weighted by molar-refractivity contribution is 8.13. The van der Waals surface area contributed by atoms with E-state index in [0.29, 0.717) is 6.04 Å². The maximum atomic E-state index is 12.1. The molecule has 0 saturated carbocycles. The molecule has 98 valence electrons. The molecule has 0 saturated heterocycles. The Morgan fingerprint density at radius 3 is 2.76 bits per heavy atom. The van der Waals surface area contributed by atoms with Crippen LogP contribution >= 0.6 is 11.8 Å². The van der Waals surface area contributed by atoms with Gasteiger partial charge in [0, 0.05) is 18.8 Å². The van der Waals surface area contributed by atoms with Crippen molar-refractivity contribution >= 4 is 22.8 Å². The van der Waals surface area contributed by atoms with Crippen LogP contribution in [0.5, 0.6) is 0 Å². The fourth-order valence-corrected chi connectivity index (χ4v) is 2.93. The van der Waals surface area contributed by atoms with E-state index in [1.54, 1.807) is 11.8 Å². The first-order valence-electron chi connectivity index (χ1n) is 6.34. The molecule has 1 rings (SSSR count). The number of carbonyl (C=O) groups is 1. The Morgan fingerprint density at radius 1 is 1.59 bits per heavy atom. The van der Waals surface area contributed by atoms with E-state index in [1.165, 1.54) is 0 Å². The number of hydrogen-bond donors (Lipinski definition) is 1. The standard InChI is InChI=1S/C12H23N3OS/c1-5-15(6-2)11(16)10(4)14-12-13-9(3)7-8-17-12/h9-10H,5-8H2,1-4H3,(H,13,14). The van der Waals surface area contributed by atoms with Crippen molar-refractivity contribution < 1.29 is 4.79 Å². The molecule has 1 heterocycles. The minimum absolute atomic E-state index is 0.150. The van der Waals surface area contributed by atoms with Crippen LogP contribution in [0.2, 0.25) is 0 Å². The van der Waals surface area contributed by atoms with Gasteiger partial charge in [0.1, 0.15) is 6.04 Å². The van der Waals surface area contributed by atoms with Crippen LogP contribution in [0.15, 0.2) is 4.99 Å². The number of nitrogens with one attached hydrogen (secondary N) is 1. The quantitative estimate of drug-likeness (QED) is 0.834. The van der Waals surface area contributed by atoms with Crippen molar-refractivity contribution in [3.05, 3.63) is 0 Å². The Hall–Kier alpha value is -0.710. The smallest absolute Gasteiger partial charge is 0.244 e. The predicted octanol–water partition coefficient (Wildman–Crippen LogP) is 1.71. The number of thioether (sulfide) groups is 1. The van der Waals surface area contributed by atoms with Gasteiger partial charge in [0.25, 0.3) is 0 Å². The highest BCUT2D eigenvalue weighted by Crippen LogP contribution is 2.16. The van der Waals surface area contributed by atoms with Gasteiger partial charge in [-0.25, -0.2) is 0 Å². The highest BCUT2D eigenvalue weighted by atomic mass is 32.2. The molecule has 1 aliphatic rings. The van der Waals surface area contributed by atoms with Crippen LogP contribution in [0.4, 0.5) is 0 Å². The summed E-state index contributed by atoms with van der Waals surface area (Å²) in [6, 6.07) is 0.181. The Bertz CT molecular complexity index is 289. The van der Waals surface area contributed by atoms with Crippen molar-refractivity contribution in [2.45, 2.75) is 46.2 Å². The summed E-state index contributed by atoms with van der Waals surface area (Å²) in [5.41, 5.74) is 0. The fraction of sp³-hybridized carbons (Fsp3) is 0.833. The van der Waals surface area contributed by atoms with Crippen LogP contribution < -0.4 is 5.32 Å². The number of amidine groups is 1. The van der Waals surface area contributed by atoms with Gasteiger partial charge in [-0.05, 0) is 34.1 Å². The summed E-state index contributed by atoms with van der Waals surface area (Å²) in [7, 11) is 0. The van der Waals surface area contributed by atoms with Gasteiger partial charge in [0.05, 0.1) is 6.04 Å². The summed E-state index contributed by atoms with van der Waals surface area (Å²) >= 11 is 1.71. The van der Waals surface area contributed by atoms with Crippen LogP contribution in [-0.4, -0.2) is 46.9 Å². The number of nitrogens with zero attached hydrogens (tertiary/aromatic N) is 2. The van der Waals surface area contributed by atoms with Gasteiger partial charge in [-0.2, -0.15) is 0 Å². The molecule has 0 radical (unpaired) electrons. The second-order valence-electron chi connectivity index (χ2n) is 4.30. The highest BCUT2D eigenvalue weighted by Gasteiger charge is 2.20. The van der Waals surface area contributed by atoms with E-state index >= 15 is 0 Å². The summed E-state index contributed by atoms with van der Waals surface area (Å²) in [4.78, 5) is 18.4. The van der Waals surface area contributed by atoms with Gasteiger partial charge in [-0.15, -0.1) is 0 Å². The molecule has 0 fully saturated rings. The Morgan fingerprint density at radius 2 is 2.24 bits per heavy atom. The monoisotopic (exact) mass is 257 g/mol. The first-order valence-corrected chi connectivity index (χ1v) is 7.32. The van der Waals surface area contributed by atoms with E-state index < -0.39 is 0 Å². The molecule has 2 unspecified atom stereocenters. The maximum absolute atomic E-state index is 12.1. The number of aliphatic imine (C=N–C) groups is 1. The Balaban J connectivity index is 2.53. The molecule has 0 aromatic heterocycles. The molecule has 1 aliphatic heterocycles. The lowest BCUT2D eigenvalue weighted by Crippen LogP contribution is -2.46. The van der Waals surface area contributed by atoms with Crippen molar-refractivity contribution in [3.63, 3.8) is 0 Å². The van der Waals surface area contributed by atoms with Crippen LogP contribution in [0, 0.1) is 0 Å². The van der Waals surface area contributed by atoms with Crippen LogP contribution in [0.1, 0.15) is 34.1 Å². The van der Waals surface area contributed by atoms with Crippen molar-refractivity contribution in [1.82, 2.24) is 10.2 Å². The van der Waals surface area contributed by atoms with Crippen LogP contribution in [0.25, 0.3) is 0 Å². The first-order chi connectivity index (χ1) is 8.08. The molecule has 0 aromatic carbocycles. The molecule has 4 nitrogen and oxygen atoms in total. The lowest BCUT2D eigenvalue weighted by molar-refractivity contribution is -0.132. The SMILES string of the molecule is CCN(CC)C(=O)C(C)NC1=NC(C)CCS1. The van der Waals surface area contributed by atoms with Crippen LogP contribution in [-0.2, 0) is 4.79 Å². The van der Waals surface area contributed by atoms with Gasteiger partial charge in [0.15, 0.2) is 5.17 Å². The van der Waals surface area contributed by atoms with Gasteiger partial charge in [0.2, 0.25) is 5.91 Å². The number of carbonyl (C=O) groups excluding carboxylic acids is 1. The third kappa shape index (κ3) is 4.22. The first kappa shape index (κ1) is 14.4. The van der Waals surface area contributed by atoms with Crippen molar-refractivity contribution in [3.8, 4) is 0 Å². The van der Waals surface area contributed by atoms with E-state index in [9.17, 15) is 4.79 Å². The lowest BCUT2D eigenvalue weighted by Gasteiger charge is -2.25.